The van der Waals surface area contributed by atoms with Gasteiger partial charge in [-0.3, -0.25) is 4.57 Å². The van der Waals surface area contributed by atoms with Crippen LogP contribution in [0.3, 0.4) is 0 Å². The maximum Gasteiger partial charge on any atom is 0.145 e. The molecular weight excluding hydrogens is 370 g/mol. The summed E-state index contributed by atoms with van der Waals surface area (Å²) in [6, 6.07) is 12.3. The first-order chi connectivity index (χ1) is 14.2. The summed E-state index contributed by atoms with van der Waals surface area (Å²) in [4.78, 5) is 4.97. The molecule has 2 aromatic carbocycles. The summed E-state index contributed by atoms with van der Waals surface area (Å²) in [6.45, 7) is 15.1. The van der Waals surface area contributed by atoms with Gasteiger partial charge in [0.25, 0.3) is 0 Å². The number of imidazole rings is 1. The predicted octanol–water partition coefficient (Wildman–Crippen LogP) is 6.59. The van der Waals surface area contributed by atoms with Crippen molar-refractivity contribution in [2.45, 2.75) is 60.3 Å². The van der Waals surface area contributed by atoms with Crippen LogP contribution in [-0.2, 0) is 0 Å². The molecule has 0 aliphatic heterocycles. The highest BCUT2D eigenvalue weighted by molar-refractivity contribution is 5.68. The highest BCUT2D eigenvalue weighted by Gasteiger charge is 2.24. The molecule has 0 aliphatic rings. The second-order valence-electron chi connectivity index (χ2n) is 8.55. The molecule has 4 heteroatoms. The third-order valence-corrected chi connectivity index (χ3v) is 5.79. The fourth-order valence-electron chi connectivity index (χ4n) is 3.96. The number of rotatable bonds is 5. The van der Waals surface area contributed by atoms with E-state index in [9.17, 15) is 5.26 Å². The van der Waals surface area contributed by atoms with E-state index in [1.807, 2.05) is 25.1 Å². The summed E-state index contributed by atoms with van der Waals surface area (Å²) in [5.74, 6) is 2.45. The van der Waals surface area contributed by atoms with Gasteiger partial charge in [0.15, 0.2) is 0 Å². The SMILES string of the molecule is COc1cc(C(C)C)c(-n2c(-c3ccc(C#N)cc3C)nc(C)c2C)c(C(C)C)c1. The van der Waals surface area contributed by atoms with E-state index in [0.717, 1.165) is 34.1 Å². The molecule has 30 heavy (non-hydrogen) atoms. The number of aromatic nitrogens is 2. The Hall–Kier alpha value is -3.06. The lowest BCUT2D eigenvalue weighted by Crippen LogP contribution is -2.11. The third-order valence-electron chi connectivity index (χ3n) is 5.79. The molecule has 1 heterocycles. The minimum Gasteiger partial charge on any atom is -0.497 e. The minimum atomic E-state index is 0.324. The number of ether oxygens (including phenoxy) is 1. The second kappa shape index (κ2) is 8.36. The fourth-order valence-corrected chi connectivity index (χ4v) is 3.96. The quantitative estimate of drug-likeness (QED) is 0.484. The molecule has 1 aromatic heterocycles. The first kappa shape index (κ1) is 21.6. The van der Waals surface area contributed by atoms with Crippen LogP contribution in [0.1, 0.15) is 73.2 Å². The van der Waals surface area contributed by atoms with Gasteiger partial charge in [0.1, 0.15) is 11.6 Å². The van der Waals surface area contributed by atoms with E-state index in [0.29, 0.717) is 17.4 Å². The van der Waals surface area contributed by atoms with Crippen LogP contribution < -0.4 is 4.74 Å². The molecule has 0 amide bonds. The summed E-state index contributed by atoms with van der Waals surface area (Å²) in [7, 11) is 1.72. The van der Waals surface area contributed by atoms with Crippen molar-refractivity contribution < 1.29 is 4.74 Å². The molecule has 0 aliphatic carbocycles. The van der Waals surface area contributed by atoms with Crippen LogP contribution in [0.15, 0.2) is 30.3 Å². The largest absolute Gasteiger partial charge is 0.497 e. The van der Waals surface area contributed by atoms with Gasteiger partial charge in [-0.25, -0.2) is 4.98 Å². The van der Waals surface area contributed by atoms with Crippen molar-refractivity contribution in [2.24, 2.45) is 0 Å². The lowest BCUT2D eigenvalue weighted by atomic mass is 9.91. The lowest BCUT2D eigenvalue weighted by Gasteiger charge is -2.24. The van der Waals surface area contributed by atoms with Crippen LogP contribution in [0, 0.1) is 32.1 Å². The zero-order valence-corrected chi connectivity index (χ0v) is 19.3. The molecule has 3 aromatic rings. The highest BCUT2D eigenvalue weighted by atomic mass is 16.5. The lowest BCUT2D eigenvalue weighted by molar-refractivity contribution is 0.413. The van der Waals surface area contributed by atoms with Crippen molar-refractivity contribution in [3.63, 3.8) is 0 Å². The Morgan fingerprint density at radius 3 is 2.03 bits per heavy atom. The number of aryl methyl sites for hydroxylation is 2. The van der Waals surface area contributed by atoms with Crippen molar-refractivity contribution in [3.8, 4) is 28.9 Å². The van der Waals surface area contributed by atoms with Crippen molar-refractivity contribution in [2.75, 3.05) is 7.11 Å². The van der Waals surface area contributed by atoms with E-state index in [1.54, 1.807) is 7.11 Å². The topological polar surface area (TPSA) is 50.8 Å². The molecule has 0 N–H and O–H groups in total. The Bertz CT molecular complexity index is 1100. The molecule has 4 nitrogen and oxygen atoms in total. The molecular formula is C26H31N3O. The van der Waals surface area contributed by atoms with Crippen molar-refractivity contribution in [1.29, 1.82) is 5.26 Å². The van der Waals surface area contributed by atoms with E-state index >= 15 is 0 Å². The average Bonchev–Trinajstić information content (AvgIpc) is 3.00. The summed E-state index contributed by atoms with van der Waals surface area (Å²) < 4.78 is 7.93. The maximum atomic E-state index is 9.27. The van der Waals surface area contributed by atoms with Gasteiger partial charge in [0, 0.05) is 11.3 Å². The number of benzene rings is 2. The molecule has 0 radical (unpaired) electrons. The van der Waals surface area contributed by atoms with E-state index in [1.165, 1.54) is 16.8 Å². The molecule has 3 rings (SSSR count). The molecule has 156 valence electrons. The van der Waals surface area contributed by atoms with Gasteiger partial charge in [-0.05, 0) is 79.6 Å². The summed E-state index contributed by atoms with van der Waals surface area (Å²) in [5, 5.41) is 9.27. The van der Waals surface area contributed by atoms with E-state index in [-0.39, 0.29) is 0 Å². The molecule has 0 fully saturated rings. The Morgan fingerprint density at radius 2 is 1.57 bits per heavy atom. The van der Waals surface area contributed by atoms with Crippen LogP contribution in [0.4, 0.5) is 0 Å². The third kappa shape index (κ3) is 3.73. The van der Waals surface area contributed by atoms with Crippen LogP contribution >= 0.6 is 0 Å². The number of hydrogen-bond donors (Lipinski definition) is 0. The fraction of sp³-hybridized carbons (Fsp3) is 0.385. The average molecular weight is 402 g/mol. The van der Waals surface area contributed by atoms with Gasteiger partial charge in [-0.2, -0.15) is 5.26 Å². The number of methoxy groups -OCH3 is 1. The van der Waals surface area contributed by atoms with Crippen LogP contribution in [0.5, 0.6) is 5.75 Å². The first-order valence-electron chi connectivity index (χ1n) is 10.5. The van der Waals surface area contributed by atoms with E-state index in [4.69, 9.17) is 9.72 Å². The summed E-state index contributed by atoms with van der Waals surface area (Å²) >= 11 is 0. The van der Waals surface area contributed by atoms with Crippen LogP contribution in [0.25, 0.3) is 17.1 Å². The van der Waals surface area contributed by atoms with E-state index in [2.05, 4.69) is 64.3 Å². The maximum absolute atomic E-state index is 9.27. The molecule has 0 bridgehead atoms. The van der Waals surface area contributed by atoms with Crippen molar-refractivity contribution >= 4 is 0 Å². The smallest absolute Gasteiger partial charge is 0.145 e. The van der Waals surface area contributed by atoms with Gasteiger partial charge >= 0.3 is 0 Å². The van der Waals surface area contributed by atoms with Crippen LogP contribution in [0.2, 0.25) is 0 Å². The Kier molecular flexibility index (Phi) is 6.03. The van der Waals surface area contributed by atoms with Gasteiger partial charge in [0.05, 0.1) is 30.1 Å². The number of hydrogen-bond acceptors (Lipinski definition) is 3. The standard InChI is InChI=1S/C26H31N3O/c1-15(2)23-12-21(30-8)13-24(16(3)4)25(23)29-19(7)18(6)28-26(29)22-10-9-20(14-27)11-17(22)5/h9-13,15-16H,1-8H3. The Morgan fingerprint density at radius 1 is 0.967 bits per heavy atom. The highest BCUT2D eigenvalue weighted by Crippen LogP contribution is 2.39. The zero-order valence-electron chi connectivity index (χ0n) is 19.3. The van der Waals surface area contributed by atoms with Gasteiger partial charge in [-0.15, -0.1) is 0 Å². The minimum absolute atomic E-state index is 0.324. The monoisotopic (exact) mass is 401 g/mol. The van der Waals surface area contributed by atoms with Crippen molar-refractivity contribution in [3.05, 3.63) is 64.0 Å². The van der Waals surface area contributed by atoms with Crippen LogP contribution in [-0.4, -0.2) is 16.7 Å². The molecule has 0 unspecified atom stereocenters. The zero-order chi connectivity index (χ0) is 22.2. The molecule has 0 spiro atoms. The van der Waals surface area contributed by atoms with E-state index < -0.39 is 0 Å². The van der Waals surface area contributed by atoms with Crippen molar-refractivity contribution in [1.82, 2.24) is 9.55 Å². The Balaban J connectivity index is 2.42. The van der Waals surface area contributed by atoms with Gasteiger partial charge < -0.3 is 4.74 Å². The molecule has 0 saturated carbocycles. The summed E-state index contributed by atoms with van der Waals surface area (Å²) in [5.41, 5.74) is 8.57. The first-order valence-corrected chi connectivity index (χ1v) is 10.5. The molecule has 0 saturated heterocycles. The predicted molar refractivity (Wildman–Crippen MR) is 123 cm³/mol. The summed E-state index contributed by atoms with van der Waals surface area (Å²) in [6.07, 6.45) is 0. The Labute approximate surface area is 180 Å². The normalized spacial score (nSPS) is 11.2. The number of nitrogens with zero attached hydrogens (tertiary/aromatic N) is 3. The molecule has 0 atom stereocenters. The number of nitriles is 1. The second-order valence-corrected chi connectivity index (χ2v) is 8.55. The van der Waals surface area contributed by atoms with Gasteiger partial charge in [0.2, 0.25) is 0 Å². The van der Waals surface area contributed by atoms with Gasteiger partial charge in [-0.1, -0.05) is 27.7 Å².